The molecule has 6 rings (SSSR count). The van der Waals surface area contributed by atoms with Crippen LogP contribution in [0.2, 0.25) is 0 Å². The van der Waals surface area contributed by atoms with E-state index in [0.29, 0.717) is 40.2 Å². The van der Waals surface area contributed by atoms with Crippen molar-refractivity contribution in [2.24, 2.45) is 0 Å². The van der Waals surface area contributed by atoms with E-state index in [0.717, 1.165) is 39.6 Å². The van der Waals surface area contributed by atoms with E-state index in [-0.39, 0.29) is 23.5 Å². The Hall–Kier alpha value is -5.46. The second-order valence-corrected chi connectivity index (χ2v) is 12.4. The lowest BCUT2D eigenvalue weighted by atomic mass is 10.2. The molecule has 0 radical (unpaired) electrons. The highest BCUT2D eigenvalue weighted by Crippen LogP contribution is 2.30. The summed E-state index contributed by atoms with van der Waals surface area (Å²) in [5.74, 6) is -0.696. The van der Waals surface area contributed by atoms with Crippen molar-refractivity contribution in [2.75, 3.05) is 43.2 Å². The Morgan fingerprint density at radius 2 is 1.50 bits per heavy atom. The minimum Gasteiger partial charge on any atom is -0.466 e. The zero-order valence-corrected chi connectivity index (χ0v) is 28.0. The summed E-state index contributed by atoms with van der Waals surface area (Å²) in [6.45, 7) is 4.49. The number of rotatable bonds is 10. The minimum absolute atomic E-state index is 0.0553. The number of nitrogens with one attached hydrogen (secondary N) is 4. The summed E-state index contributed by atoms with van der Waals surface area (Å²) in [6.07, 6.45) is 3.06. The normalized spacial score (nSPS) is 10.9. The average molecular weight is 668 g/mol. The Kier molecular flexibility index (Phi) is 10.9. The van der Waals surface area contributed by atoms with Gasteiger partial charge in [0, 0.05) is 57.6 Å². The van der Waals surface area contributed by atoms with Crippen LogP contribution in [0.5, 0.6) is 0 Å². The smallest absolute Gasteiger partial charge is 0.302 e. The molecule has 0 saturated carbocycles. The monoisotopic (exact) mass is 667 g/mol. The summed E-state index contributed by atoms with van der Waals surface area (Å²) >= 11 is 1.39. The molecular weight excluding hydrogens is 630 g/mol. The van der Waals surface area contributed by atoms with Gasteiger partial charge in [-0.25, -0.2) is 0 Å². The molecule has 0 unspecified atom stereocenters. The second-order valence-electron chi connectivity index (χ2n) is 11.3. The van der Waals surface area contributed by atoms with Crippen LogP contribution in [0.4, 0.5) is 17.1 Å². The number of aromatic nitrogens is 1. The number of H-pyrrole nitrogens is 1. The molecule has 248 valence electrons. The molecule has 0 aliphatic rings. The van der Waals surface area contributed by atoms with E-state index in [2.05, 4.69) is 25.7 Å². The predicted molar refractivity (Wildman–Crippen MR) is 191 cm³/mol. The molecule has 3 aromatic carbocycles. The molecule has 4 N–H and O–H groups in total. The molecular formula is C36H37N5O6S. The third kappa shape index (κ3) is 8.87. The molecule has 3 heterocycles. The largest absolute Gasteiger partial charge is 0.466 e. The van der Waals surface area contributed by atoms with Crippen LogP contribution in [0.1, 0.15) is 46.9 Å². The highest BCUT2D eigenvalue weighted by molar-refractivity contribution is 7.20. The topological polar surface area (TPSA) is 146 Å². The Morgan fingerprint density at radius 3 is 2.23 bits per heavy atom. The number of amides is 3. The predicted octanol–water partition coefficient (Wildman–Crippen LogP) is 7.48. The van der Waals surface area contributed by atoms with E-state index >= 15 is 0 Å². The first-order valence-electron chi connectivity index (χ1n) is 15.4. The number of fused-ring (bicyclic) bond motifs is 3. The number of aromatic amines is 1. The second kappa shape index (κ2) is 15.4. The number of carbonyl (C=O) groups excluding carboxylic acids is 4. The number of benzene rings is 3. The van der Waals surface area contributed by atoms with Gasteiger partial charge in [-0.2, -0.15) is 0 Å². The Labute approximate surface area is 281 Å². The molecule has 6 aromatic rings. The Morgan fingerprint density at radius 1 is 0.812 bits per heavy atom. The van der Waals surface area contributed by atoms with Gasteiger partial charge in [-0.3, -0.25) is 19.2 Å². The van der Waals surface area contributed by atoms with Gasteiger partial charge in [-0.1, -0.05) is 0 Å². The van der Waals surface area contributed by atoms with Gasteiger partial charge in [0.15, 0.2) is 5.76 Å². The van der Waals surface area contributed by atoms with Crippen LogP contribution in [0, 0.1) is 0 Å². The molecule has 0 saturated heterocycles. The van der Waals surface area contributed by atoms with Crippen molar-refractivity contribution in [1.82, 2.24) is 9.88 Å². The first-order chi connectivity index (χ1) is 23.1. The van der Waals surface area contributed by atoms with Gasteiger partial charge in [0.05, 0.1) is 11.5 Å². The van der Waals surface area contributed by atoms with Crippen LogP contribution in [0.3, 0.4) is 0 Å². The maximum absolute atomic E-state index is 13.0. The van der Waals surface area contributed by atoms with Gasteiger partial charge in [-0.05, 0) is 112 Å². The van der Waals surface area contributed by atoms with Crippen LogP contribution < -0.4 is 16.0 Å². The van der Waals surface area contributed by atoms with Crippen LogP contribution >= 0.6 is 11.3 Å². The summed E-state index contributed by atoms with van der Waals surface area (Å²) in [4.78, 5) is 53.8. The fraction of sp³-hybridized carbons (Fsp3) is 0.222. The van der Waals surface area contributed by atoms with Crippen LogP contribution in [0.15, 0.2) is 83.4 Å². The number of ether oxygens (including phenoxy) is 1. The maximum atomic E-state index is 13.0. The first kappa shape index (κ1) is 33.9. The minimum atomic E-state index is -0.395. The highest BCUT2D eigenvalue weighted by atomic mass is 32.1. The van der Waals surface area contributed by atoms with Gasteiger partial charge in [0.25, 0.3) is 11.8 Å². The van der Waals surface area contributed by atoms with Crippen molar-refractivity contribution in [3.05, 3.63) is 89.6 Å². The van der Waals surface area contributed by atoms with E-state index in [4.69, 9.17) is 4.42 Å². The highest BCUT2D eigenvalue weighted by Gasteiger charge is 2.16. The van der Waals surface area contributed by atoms with E-state index in [1.54, 1.807) is 37.3 Å². The quantitative estimate of drug-likeness (QED) is 0.111. The fourth-order valence-corrected chi connectivity index (χ4v) is 5.90. The Bertz CT molecular complexity index is 2090. The number of anilines is 3. The summed E-state index contributed by atoms with van der Waals surface area (Å²) < 4.78 is 11.1. The van der Waals surface area contributed by atoms with Gasteiger partial charge in [0.2, 0.25) is 5.91 Å². The molecule has 0 bridgehead atoms. The zero-order valence-electron chi connectivity index (χ0n) is 27.1. The average Bonchev–Trinajstić information content (AvgIpc) is 3.79. The first-order valence-corrected chi connectivity index (χ1v) is 16.2. The molecule has 0 fully saturated rings. The van der Waals surface area contributed by atoms with Gasteiger partial charge in [0.1, 0.15) is 5.58 Å². The van der Waals surface area contributed by atoms with E-state index in [1.807, 2.05) is 67.7 Å². The number of esters is 1. The number of thiophene rings is 1. The number of nitrogens with zero attached hydrogens (tertiary/aromatic N) is 1. The van der Waals surface area contributed by atoms with E-state index in [1.165, 1.54) is 18.3 Å². The lowest BCUT2D eigenvalue weighted by Gasteiger charge is -2.09. The molecule has 0 aliphatic carbocycles. The lowest BCUT2D eigenvalue weighted by molar-refractivity contribution is -0.140. The Balaban J connectivity index is 0.000000689. The van der Waals surface area contributed by atoms with Crippen LogP contribution in [-0.2, 0) is 14.3 Å². The molecule has 11 nitrogen and oxygen atoms in total. The SMILES string of the molecule is CCOC(C)=O.CN(C)CCCC(=O)Nc1ccc2oc(C(=O)Nc3ccc4sc(C(=O)Nc5ccc6[nH]ccc6c5)cc4c3)cc2c1. The number of carbonyl (C=O) groups is 4. The van der Waals surface area contributed by atoms with Gasteiger partial charge >= 0.3 is 5.97 Å². The molecule has 0 atom stereocenters. The van der Waals surface area contributed by atoms with E-state index in [9.17, 15) is 19.2 Å². The van der Waals surface area contributed by atoms with Crippen molar-refractivity contribution in [1.29, 1.82) is 0 Å². The summed E-state index contributed by atoms with van der Waals surface area (Å²) in [5.41, 5.74) is 3.51. The molecule has 3 aromatic heterocycles. The molecule has 0 spiro atoms. The van der Waals surface area contributed by atoms with Crippen LogP contribution in [0.25, 0.3) is 32.0 Å². The van der Waals surface area contributed by atoms with Gasteiger partial charge in [-0.15, -0.1) is 11.3 Å². The van der Waals surface area contributed by atoms with Crippen LogP contribution in [-0.4, -0.2) is 60.8 Å². The van der Waals surface area contributed by atoms with Crippen molar-refractivity contribution in [2.45, 2.75) is 26.7 Å². The fourth-order valence-electron chi connectivity index (χ4n) is 4.97. The van der Waals surface area contributed by atoms with Crippen molar-refractivity contribution in [3.8, 4) is 0 Å². The standard InChI is InChI=1S/C32H29N5O4S.C4H8O2/c1-37(2)13-3-4-30(38)34-22-6-9-26-20(15-22)17-27(41-26)31(39)35-24-7-10-28-21(16-24)18-29(42-28)32(40)36-23-5-8-25-19(14-23)11-12-33-25;1-3-6-4(2)5/h5-12,14-18,33H,3-4,13H2,1-2H3,(H,34,38)(H,35,39)(H,36,40);3H2,1-2H3. The number of furan rings is 1. The summed E-state index contributed by atoms with van der Waals surface area (Å²) in [7, 11) is 3.95. The lowest BCUT2D eigenvalue weighted by Crippen LogP contribution is -2.17. The summed E-state index contributed by atoms with van der Waals surface area (Å²) in [6, 6.07) is 21.9. The van der Waals surface area contributed by atoms with Crippen molar-refractivity contribution < 1.29 is 28.3 Å². The third-order valence-electron chi connectivity index (χ3n) is 7.19. The molecule has 12 heteroatoms. The van der Waals surface area contributed by atoms with Crippen molar-refractivity contribution in [3.63, 3.8) is 0 Å². The summed E-state index contributed by atoms with van der Waals surface area (Å²) in [5, 5.41) is 11.3. The third-order valence-corrected chi connectivity index (χ3v) is 8.30. The van der Waals surface area contributed by atoms with Crippen molar-refractivity contribution >= 4 is 84.0 Å². The molecule has 48 heavy (non-hydrogen) atoms. The molecule has 0 aliphatic heterocycles. The van der Waals surface area contributed by atoms with Gasteiger partial charge < -0.3 is 35.0 Å². The van der Waals surface area contributed by atoms with E-state index < -0.39 is 5.91 Å². The zero-order chi connectivity index (χ0) is 34.2. The molecule has 3 amide bonds. The number of hydrogen-bond acceptors (Lipinski definition) is 8. The number of hydrogen-bond donors (Lipinski definition) is 4. The maximum Gasteiger partial charge on any atom is 0.302 e.